The first-order valence-corrected chi connectivity index (χ1v) is 7.71. The van der Waals surface area contributed by atoms with Crippen LogP contribution >= 0.6 is 35.4 Å². The summed E-state index contributed by atoms with van der Waals surface area (Å²) in [7, 11) is 0. The molecule has 0 saturated carbocycles. The van der Waals surface area contributed by atoms with Crippen LogP contribution in [0, 0.1) is 4.77 Å². The predicted molar refractivity (Wildman–Crippen MR) is 92.5 cm³/mol. The van der Waals surface area contributed by atoms with E-state index in [0.29, 0.717) is 21.4 Å². The average Bonchev–Trinajstić information content (AvgIpc) is 2.87. The third-order valence-corrected chi connectivity index (χ3v) is 3.86. The minimum absolute atomic E-state index is 0.515. The zero-order valence-corrected chi connectivity index (χ0v) is 13.7. The van der Waals surface area contributed by atoms with E-state index in [1.165, 1.54) is 0 Å². The van der Waals surface area contributed by atoms with Crippen LogP contribution in [0.15, 0.2) is 48.5 Å². The second-order valence-electron chi connectivity index (χ2n) is 4.62. The molecule has 0 unspecified atom stereocenters. The Morgan fingerprint density at radius 2 is 1.86 bits per heavy atom. The third-order valence-electron chi connectivity index (χ3n) is 3.10. The monoisotopic (exact) mass is 350 g/mol. The van der Waals surface area contributed by atoms with Gasteiger partial charge < -0.3 is 5.32 Å². The molecule has 0 aliphatic heterocycles. The van der Waals surface area contributed by atoms with Crippen molar-refractivity contribution in [2.45, 2.75) is 6.54 Å². The van der Waals surface area contributed by atoms with Crippen LogP contribution in [0.4, 0.5) is 5.69 Å². The Morgan fingerprint density at radius 1 is 1.09 bits per heavy atom. The second kappa shape index (κ2) is 6.52. The zero-order valence-electron chi connectivity index (χ0n) is 11.4. The van der Waals surface area contributed by atoms with Crippen LogP contribution < -0.4 is 5.32 Å². The number of benzene rings is 2. The number of halogens is 2. The predicted octanol–water partition coefficient (Wildman–Crippen LogP) is 4.85. The molecule has 1 aromatic heterocycles. The van der Waals surface area contributed by atoms with Gasteiger partial charge in [0.25, 0.3) is 0 Å². The van der Waals surface area contributed by atoms with Crippen LogP contribution in [0.3, 0.4) is 0 Å². The molecule has 4 nitrogen and oxygen atoms in total. The third kappa shape index (κ3) is 3.32. The van der Waals surface area contributed by atoms with E-state index in [-0.39, 0.29) is 0 Å². The molecule has 0 amide bonds. The summed E-state index contributed by atoms with van der Waals surface area (Å²) in [5.41, 5.74) is 1.83. The molecule has 0 saturated heterocycles. The summed E-state index contributed by atoms with van der Waals surface area (Å²) >= 11 is 17.2. The molecule has 0 spiro atoms. The molecule has 3 aromatic rings. The summed E-state index contributed by atoms with van der Waals surface area (Å²) in [4.78, 5) is 0. The summed E-state index contributed by atoms with van der Waals surface area (Å²) < 4.78 is 2.37. The standard InChI is InChI=1S/C15H12Cl2N4S/c16-10-4-6-12(7-5-10)18-9-14-19-20-15(22)21(14)13-3-1-2-11(17)8-13/h1-8,18H,9H2,(H,20,22). The number of H-pyrrole nitrogens is 1. The molecule has 2 N–H and O–H groups in total. The Morgan fingerprint density at radius 3 is 2.59 bits per heavy atom. The van der Waals surface area contributed by atoms with E-state index in [2.05, 4.69) is 15.5 Å². The van der Waals surface area contributed by atoms with Crippen molar-refractivity contribution in [1.29, 1.82) is 0 Å². The zero-order chi connectivity index (χ0) is 15.5. The van der Waals surface area contributed by atoms with Gasteiger partial charge in [-0.3, -0.25) is 9.67 Å². The molecule has 2 aromatic carbocycles. The number of hydrogen-bond donors (Lipinski definition) is 2. The quantitative estimate of drug-likeness (QED) is 0.661. The molecule has 0 aliphatic carbocycles. The lowest BCUT2D eigenvalue weighted by Gasteiger charge is -2.09. The Bertz CT molecular complexity index is 839. The van der Waals surface area contributed by atoms with Gasteiger partial charge in [0, 0.05) is 15.7 Å². The van der Waals surface area contributed by atoms with Crippen molar-refractivity contribution in [3.8, 4) is 5.69 Å². The molecule has 0 aliphatic rings. The minimum Gasteiger partial charge on any atom is -0.378 e. The highest BCUT2D eigenvalue weighted by Crippen LogP contribution is 2.18. The largest absolute Gasteiger partial charge is 0.378 e. The van der Waals surface area contributed by atoms with E-state index in [4.69, 9.17) is 35.4 Å². The molecule has 0 bridgehead atoms. The summed E-state index contributed by atoms with van der Waals surface area (Å²) in [6.07, 6.45) is 0. The van der Waals surface area contributed by atoms with Crippen molar-refractivity contribution in [3.05, 3.63) is 69.2 Å². The highest BCUT2D eigenvalue weighted by molar-refractivity contribution is 7.71. The SMILES string of the molecule is S=c1[nH]nc(CNc2ccc(Cl)cc2)n1-c1cccc(Cl)c1. The molecule has 1 heterocycles. The molecule has 0 atom stereocenters. The molecule has 0 radical (unpaired) electrons. The molecular weight excluding hydrogens is 339 g/mol. The molecule has 7 heteroatoms. The molecule has 22 heavy (non-hydrogen) atoms. The van der Waals surface area contributed by atoms with Gasteiger partial charge in [0.2, 0.25) is 0 Å². The van der Waals surface area contributed by atoms with Gasteiger partial charge in [-0.2, -0.15) is 5.10 Å². The summed E-state index contributed by atoms with van der Waals surface area (Å²) in [5.74, 6) is 0.766. The van der Waals surface area contributed by atoms with Crippen LogP contribution in [0.5, 0.6) is 0 Å². The first kappa shape index (κ1) is 15.1. The maximum atomic E-state index is 6.05. The van der Waals surface area contributed by atoms with Crippen LogP contribution in [-0.2, 0) is 6.54 Å². The first-order chi connectivity index (χ1) is 10.6. The minimum atomic E-state index is 0.515. The van der Waals surface area contributed by atoms with Gasteiger partial charge in [-0.15, -0.1) is 0 Å². The lowest BCUT2D eigenvalue weighted by Crippen LogP contribution is -2.07. The maximum absolute atomic E-state index is 6.05. The smallest absolute Gasteiger partial charge is 0.199 e. The number of nitrogens with one attached hydrogen (secondary N) is 2. The maximum Gasteiger partial charge on any atom is 0.199 e. The van der Waals surface area contributed by atoms with Crippen molar-refractivity contribution >= 4 is 41.1 Å². The molecule has 0 fully saturated rings. The normalized spacial score (nSPS) is 10.6. The average molecular weight is 351 g/mol. The second-order valence-corrected chi connectivity index (χ2v) is 5.88. The topological polar surface area (TPSA) is 45.6 Å². The van der Waals surface area contributed by atoms with Gasteiger partial charge in [0.1, 0.15) is 0 Å². The number of anilines is 1. The summed E-state index contributed by atoms with van der Waals surface area (Å²) in [6, 6.07) is 15.0. The van der Waals surface area contributed by atoms with Gasteiger partial charge >= 0.3 is 0 Å². The highest BCUT2D eigenvalue weighted by atomic mass is 35.5. The molecular formula is C15H12Cl2N4S. The fraction of sp³-hybridized carbons (Fsp3) is 0.0667. The van der Waals surface area contributed by atoms with Gasteiger partial charge in [-0.25, -0.2) is 0 Å². The number of hydrogen-bond acceptors (Lipinski definition) is 3. The van der Waals surface area contributed by atoms with Crippen LogP contribution in [0.25, 0.3) is 5.69 Å². The van der Waals surface area contributed by atoms with E-state index in [1.807, 2.05) is 53.1 Å². The Labute approximate surface area is 142 Å². The van der Waals surface area contributed by atoms with Gasteiger partial charge in [0.15, 0.2) is 10.6 Å². The number of rotatable bonds is 4. The fourth-order valence-electron chi connectivity index (χ4n) is 2.08. The van der Waals surface area contributed by atoms with Gasteiger partial charge in [0.05, 0.1) is 12.2 Å². The van der Waals surface area contributed by atoms with Gasteiger partial charge in [-0.1, -0.05) is 29.3 Å². The number of nitrogens with zero attached hydrogens (tertiary/aromatic N) is 2. The van der Waals surface area contributed by atoms with Crippen molar-refractivity contribution < 1.29 is 0 Å². The summed E-state index contributed by atoms with van der Waals surface area (Å²) in [6.45, 7) is 0.515. The number of aromatic amines is 1. The van der Waals surface area contributed by atoms with E-state index in [0.717, 1.165) is 17.2 Å². The Balaban J connectivity index is 1.86. The van der Waals surface area contributed by atoms with Crippen molar-refractivity contribution in [3.63, 3.8) is 0 Å². The lowest BCUT2D eigenvalue weighted by molar-refractivity contribution is 0.888. The van der Waals surface area contributed by atoms with Crippen molar-refractivity contribution in [2.75, 3.05) is 5.32 Å². The van der Waals surface area contributed by atoms with Crippen LogP contribution in [0.1, 0.15) is 5.82 Å². The van der Waals surface area contributed by atoms with Crippen LogP contribution in [0.2, 0.25) is 10.0 Å². The van der Waals surface area contributed by atoms with E-state index >= 15 is 0 Å². The highest BCUT2D eigenvalue weighted by Gasteiger charge is 2.08. The molecule has 112 valence electrons. The number of aromatic nitrogens is 3. The van der Waals surface area contributed by atoms with Crippen molar-refractivity contribution in [2.24, 2.45) is 0 Å². The Hall–Kier alpha value is -1.82. The van der Waals surface area contributed by atoms with E-state index < -0.39 is 0 Å². The van der Waals surface area contributed by atoms with E-state index in [1.54, 1.807) is 0 Å². The fourth-order valence-corrected chi connectivity index (χ4v) is 2.65. The summed E-state index contributed by atoms with van der Waals surface area (Å²) in [5, 5.41) is 11.7. The Kier molecular flexibility index (Phi) is 4.47. The van der Waals surface area contributed by atoms with Crippen molar-refractivity contribution in [1.82, 2.24) is 14.8 Å². The lowest BCUT2D eigenvalue weighted by atomic mass is 10.3. The van der Waals surface area contributed by atoms with E-state index in [9.17, 15) is 0 Å². The first-order valence-electron chi connectivity index (χ1n) is 6.55. The molecule has 3 rings (SSSR count). The van der Waals surface area contributed by atoms with Gasteiger partial charge in [-0.05, 0) is 54.7 Å². The van der Waals surface area contributed by atoms with Crippen LogP contribution in [-0.4, -0.2) is 14.8 Å².